The lowest BCUT2D eigenvalue weighted by atomic mass is 10.2. The van der Waals surface area contributed by atoms with E-state index in [1.165, 1.54) is 17.3 Å². The van der Waals surface area contributed by atoms with Crippen LogP contribution in [-0.4, -0.2) is 40.7 Å². The summed E-state index contributed by atoms with van der Waals surface area (Å²) in [5.74, 6) is 0.612. The molecule has 1 fully saturated rings. The zero-order chi connectivity index (χ0) is 16.7. The molecule has 5 nitrogen and oxygen atoms in total. The van der Waals surface area contributed by atoms with E-state index in [0.29, 0.717) is 11.0 Å². The molecule has 124 valence electrons. The van der Waals surface area contributed by atoms with Gasteiger partial charge in [-0.15, -0.1) is 0 Å². The number of para-hydroxylation sites is 1. The lowest BCUT2D eigenvalue weighted by Crippen LogP contribution is -2.47. The average Bonchev–Trinajstić information content (AvgIpc) is 2.94. The summed E-state index contributed by atoms with van der Waals surface area (Å²) in [4.78, 5) is 13.4. The lowest BCUT2D eigenvalue weighted by Gasteiger charge is -2.37. The summed E-state index contributed by atoms with van der Waals surface area (Å²) < 4.78 is 15.9. The first-order valence-corrected chi connectivity index (χ1v) is 8.16. The van der Waals surface area contributed by atoms with Crippen molar-refractivity contribution >= 4 is 22.7 Å². The molecule has 0 N–H and O–H groups in total. The van der Waals surface area contributed by atoms with Crippen LogP contribution < -0.4 is 9.80 Å². The van der Waals surface area contributed by atoms with Crippen molar-refractivity contribution in [3.63, 3.8) is 0 Å². The van der Waals surface area contributed by atoms with Gasteiger partial charge in [-0.1, -0.05) is 6.07 Å². The van der Waals surface area contributed by atoms with Gasteiger partial charge in [0.05, 0.1) is 5.52 Å². The molecule has 0 bridgehead atoms. The average molecular weight is 325 g/mol. The molecule has 24 heavy (non-hydrogen) atoms. The lowest BCUT2D eigenvalue weighted by molar-refractivity contribution is 0.619. The van der Waals surface area contributed by atoms with Gasteiger partial charge < -0.3 is 14.4 Å². The Morgan fingerprint density at radius 1 is 1.04 bits per heavy atom. The normalized spacial score (nSPS) is 15.3. The number of anilines is 2. The Morgan fingerprint density at radius 3 is 2.50 bits per heavy atom. The molecule has 0 saturated carbocycles. The van der Waals surface area contributed by atoms with E-state index in [1.807, 2.05) is 30.1 Å². The maximum absolute atomic E-state index is 14.1. The molecule has 3 aromatic rings. The van der Waals surface area contributed by atoms with Crippen LogP contribution in [0.1, 0.15) is 5.56 Å². The van der Waals surface area contributed by atoms with Crippen LogP contribution in [0.5, 0.6) is 0 Å². The van der Waals surface area contributed by atoms with Gasteiger partial charge in [0.1, 0.15) is 11.3 Å². The molecule has 1 aliphatic rings. The van der Waals surface area contributed by atoms with Crippen LogP contribution >= 0.6 is 0 Å². The topological polar surface area (TPSA) is 37.2 Å². The van der Waals surface area contributed by atoms with Crippen LogP contribution in [0.4, 0.5) is 16.0 Å². The van der Waals surface area contributed by atoms with Gasteiger partial charge >= 0.3 is 0 Å². The molecule has 1 saturated heterocycles. The number of hydrogen-bond acceptors (Lipinski definition) is 4. The summed E-state index contributed by atoms with van der Waals surface area (Å²) in [5, 5.41) is 0. The number of rotatable bonds is 2. The second-order valence-electron chi connectivity index (χ2n) is 6.21. The van der Waals surface area contributed by atoms with Crippen LogP contribution in [0.3, 0.4) is 0 Å². The number of hydrogen-bond donors (Lipinski definition) is 0. The van der Waals surface area contributed by atoms with Crippen LogP contribution in [0.25, 0.3) is 11.0 Å². The number of halogens is 1. The molecule has 0 unspecified atom stereocenters. The summed E-state index contributed by atoms with van der Waals surface area (Å²) in [6.07, 6.45) is 3.74. The van der Waals surface area contributed by atoms with Crippen molar-refractivity contribution < 1.29 is 4.39 Å². The quantitative estimate of drug-likeness (QED) is 0.726. The van der Waals surface area contributed by atoms with E-state index in [9.17, 15) is 4.39 Å². The molecule has 0 aliphatic carbocycles. The van der Waals surface area contributed by atoms with Gasteiger partial charge in [-0.3, -0.25) is 4.98 Å². The van der Waals surface area contributed by atoms with E-state index < -0.39 is 0 Å². The Hall–Kier alpha value is -2.63. The highest BCUT2D eigenvalue weighted by atomic mass is 19.1. The van der Waals surface area contributed by atoms with Crippen LogP contribution in [0.15, 0.2) is 36.7 Å². The Kier molecular flexibility index (Phi) is 3.59. The van der Waals surface area contributed by atoms with Crippen molar-refractivity contribution in [3.05, 3.63) is 48.0 Å². The molecule has 0 amide bonds. The minimum atomic E-state index is -0.222. The highest BCUT2D eigenvalue weighted by Crippen LogP contribution is 2.26. The van der Waals surface area contributed by atoms with E-state index in [2.05, 4.69) is 32.8 Å². The third kappa shape index (κ3) is 2.38. The molecule has 3 heterocycles. The smallest absolute Gasteiger partial charge is 0.206 e. The highest BCUT2D eigenvalue weighted by Gasteiger charge is 2.23. The maximum Gasteiger partial charge on any atom is 0.206 e. The van der Waals surface area contributed by atoms with E-state index in [-0.39, 0.29) is 5.82 Å². The summed E-state index contributed by atoms with van der Waals surface area (Å²) in [5.41, 5.74) is 3.70. The second kappa shape index (κ2) is 5.78. The van der Waals surface area contributed by atoms with Gasteiger partial charge in [0.25, 0.3) is 0 Å². The zero-order valence-electron chi connectivity index (χ0n) is 13.9. The SMILES string of the molecule is Cc1cnccc1N1CCN(c2nc3cccc(F)c3n2C)CC1. The maximum atomic E-state index is 14.1. The van der Waals surface area contributed by atoms with E-state index in [1.54, 1.807) is 6.07 Å². The number of aryl methyl sites for hydroxylation is 2. The molecule has 6 heteroatoms. The fourth-order valence-electron chi connectivity index (χ4n) is 3.46. The van der Waals surface area contributed by atoms with Gasteiger partial charge in [0.2, 0.25) is 5.95 Å². The van der Waals surface area contributed by atoms with Crippen LogP contribution in [0.2, 0.25) is 0 Å². The first-order chi connectivity index (χ1) is 11.6. The Morgan fingerprint density at radius 2 is 1.79 bits per heavy atom. The molecule has 0 atom stereocenters. The minimum absolute atomic E-state index is 0.222. The predicted molar refractivity (Wildman–Crippen MR) is 94.1 cm³/mol. The van der Waals surface area contributed by atoms with E-state index in [4.69, 9.17) is 0 Å². The molecule has 1 aliphatic heterocycles. The van der Waals surface area contributed by atoms with Gasteiger partial charge in [-0.2, -0.15) is 0 Å². The van der Waals surface area contributed by atoms with E-state index in [0.717, 1.165) is 32.1 Å². The molecule has 0 radical (unpaired) electrons. The first-order valence-electron chi connectivity index (χ1n) is 8.16. The number of piperazine rings is 1. The van der Waals surface area contributed by atoms with Crippen molar-refractivity contribution in [2.24, 2.45) is 7.05 Å². The number of benzene rings is 1. The van der Waals surface area contributed by atoms with Crippen molar-refractivity contribution in [1.82, 2.24) is 14.5 Å². The Bertz CT molecular complexity index is 880. The molecule has 1 aromatic carbocycles. The van der Waals surface area contributed by atoms with Gasteiger partial charge in [0.15, 0.2) is 0 Å². The van der Waals surface area contributed by atoms with Gasteiger partial charge in [-0.25, -0.2) is 9.37 Å². The zero-order valence-corrected chi connectivity index (χ0v) is 13.9. The van der Waals surface area contributed by atoms with Crippen LogP contribution in [0, 0.1) is 12.7 Å². The second-order valence-corrected chi connectivity index (χ2v) is 6.21. The highest BCUT2D eigenvalue weighted by molar-refractivity contribution is 5.79. The molecule has 4 rings (SSSR count). The number of pyridine rings is 1. The molecular weight excluding hydrogens is 305 g/mol. The summed E-state index contributed by atoms with van der Waals surface area (Å²) in [6, 6.07) is 7.12. The summed E-state index contributed by atoms with van der Waals surface area (Å²) in [6.45, 7) is 5.64. The van der Waals surface area contributed by atoms with Crippen molar-refractivity contribution in [1.29, 1.82) is 0 Å². The first kappa shape index (κ1) is 14.9. The third-order valence-electron chi connectivity index (χ3n) is 4.72. The van der Waals surface area contributed by atoms with Crippen molar-refractivity contribution in [3.8, 4) is 0 Å². The predicted octanol–water partition coefficient (Wildman–Crippen LogP) is 2.74. The van der Waals surface area contributed by atoms with Gasteiger partial charge in [0, 0.05) is 51.3 Å². The van der Waals surface area contributed by atoms with Crippen molar-refractivity contribution in [2.75, 3.05) is 36.0 Å². The van der Waals surface area contributed by atoms with E-state index >= 15 is 0 Å². The fraction of sp³-hybridized carbons (Fsp3) is 0.333. The Labute approximate surface area is 140 Å². The standard InChI is InChI=1S/C18H20FN5/c1-13-12-20-7-6-16(13)23-8-10-24(11-9-23)18-21-15-5-3-4-14(19)17(15)22(18)2/h3-7,12H,8-11H2,1-2H3. The third-order valence-corrected chi connectivity index (χ3v) is 4.72. The largest absolute Gasteiger partial charge is 0.368 e. The summed E-state index contributed by atoms with van der Waals surface area (Å²) >= 11 is 0. The molecule has 0 spiro atoms. The number of fused-ring (bicyclic) bond motifs is 1. The number of aromatic nitrogens is 3. The fourth-order valence-corrected chi connectivity index (χ4v) is 3.46. The Balaban J connectivity index is 1.57. The van der Waals surface area contributed by atoms with Crippen molar-refractivity contribution in [2.45, 2.75) is 6.92 Å². The number of imidazole rings is 1. The monoisotopic (exact) mass is 325 g/mol. The minimum Gasteiger partial charge on any atom is -0.368 e. The van der Waals surface area contributed by atoms with Gasteiger partial charge in [-0.05, 0) is 30.7 Å². The summed E-state index contributed by atoms with van der Waals surface area (Å²) in [7, 11) is 1.88. The number of nitrogens with zero attached hydrogens (tertiary/aromatic N) is 5. The molecular formula is C18H20FN5. The molecule has 2 aromatic heterocycles. The van der Waals surface area contributed by atoms with Crippen LogP contribution in [-0.2, 0) is 7.05 Å².